The topological polar surface area (TPSA) is 41.6 Å². The normalized spacial score (nSPS) is 15.8. The molecule has 132 valence electrons. The Morgan fingerprint density at radius 2 is 1.72 bits per heavy atom. The molecule has 0 aliphatic carbocycles. The van der Waals surface area contributed by atoms with Crippen molar-refractivity contribution in [2.24, 2.45) is 0 Å². The zero-order valence-electron chi connectivity index (χ0n) is 15.0. The Hall–Kier alpha value is -2.33. The van der Waals surface area contributed by atoms with Crippen molar-refractivity contribution in [1.82, 2.24) is 10.2 Å². The first kappa shape index (κ1) is 17.5. The molecule has 4 heteroatoms. The molecule has 0 aromatic heterocycles. The SMILES string of the molecule is COc1ccc(C(=O)NC[C@H](c2ccc(C)cc2)N2CCCC2)cc1. The van der Waals surface area contributed by atoms with E-state index >= 15 is 0 Å². The second-order valence-electron chi connectivity index (χ2n) is 6.61. The number of amides is 1. The fourth-order valence-electron chi connectivity index (χ4n) is 3.33. The van der Waals surface area contributed by atoms with Crippen LogP contribution in [-0.4, -0.2) is 37.6 Å². The van der Waals surface area contributed by atoms with Gasteiger partial charge >= 0.3 is 0 Å². The third-order valence-electron chi connectivity index (χ3n) is 4.85. The first-order chi connectivity index (χ1) is 12.2. The number of nitrogens with zero attached hydrogens (tertiary/aromatic N) is 1. The van der Waals surface area contributed by atoms with Crippen LogP contribution >= 0.6 is 0 Å². The minimum atomic E-state index is -0.0426. The molecule has 1 heterocycles. The first-order valence-electron chi connectivity index (χ1n) is 8.90. The maximum absolute atomic E-state index is 12.5. The molecule has 0 radical (unpaired) electrons. The Balaban J connectivity index is 1.69. The van der Waals surface area contributed by atoms with E-state index in [0.29, 0.717) is 12.1 Å². The monoisotopic (exact) mass is 338 g/mol. The summed E-state index contributed by atoms with van der Waals surface area (Å²) in [7, 11) is 1.62. The van der Waals surface area contributed by atoms with Crippen molar-refractivity contribution in [2.75, 3.05) is 26.7 Å². The lowest BCUT2D eigenvalue weighted by atomic mass is 10.0. The molecule has 0 saturated carbocycles. The fourth-order valence-corrected chi connectivity index (χ4v) is 3.33. The second-order valence-corrected chi connectivity index (χ2v) is 6.61. The smallest absolute Gasteiger partial charge is 0.251 e. The average Bonchev–Trinajstić information content (AvgIpc) is 3.17. The molecule has 25 heavy (non-hydrogen) atoms. The summed E-state index contributed by atoms with van der Waals surface area (Å²) in [5.41, 5.74) is 3.18. The highest BCUT2D eigenvalue weighted by molar-refractivity contribution is 5.94. The lowest BCUT2D eigenvalue weighted by molar-refractivity contribution is 0.0938. The maximum atomic E-state index is 12.5. The third kappa shape index (κ3) is 4.40. The summed E-state index contributed by atoms with van der Waals surface area (Å²) in [6, 6.07) is 16.1. The predicted octanol–water partition coefficient (Wildman–Crippen LogP) is 3.57. The van der Waals surface area contributed by atoms with E-state index in [0.717, 1.165) is 18.8 Å². The number of methoxy groups -OCH3 is 1. The van der Waals surface area contributed by atoms with Crippen LogP contribution in [0.1, 0.15) is 40.4 Å². The summed E-state index contributed by atoms with van der Waals surface area (Å²) in [5, 5.41) is 3.11. The number of aryl methyl sites for hydroxylation is 1. The molecule has 1 aliphatic heterocycles. The summed E-state index contributed by atoms with van der Waals surface area (Å²) < 4.78 is 5.14. The van der Waals surface area contributed by atoms with Gasteiger partial charge < -0.3 is 10.1 Å². The zero-order valence-corrected chi connectivity index (χ0v) is 15.0. The van der Waals surface area contributed by atoms with Gasteiger partial charge in [-0.3, -0.25) is 9.69 Å². The number of rotatable bonds is 6. The predicted molar refractivity (Wildman–Crippen MR) is 100 cm³/mol. The van der Waals surface area contributed by atoms with Crippen LogP contribution in [0.25, 0.3) is 0 Å². The summed E-state index contributed by atoms with van der Waals surface area (Å²) in [6.07, 6.45) is 2.46. The summed E-state index contributed by atoms with van der Waals surface area (Å²) >= 11 is 0. The molecule has 2 aromatic carbocycles. The van der Waals surface area contributed by atoms with E-state index in [4.69, 9.17) is 4.74 Å². The van der Waals surface area contributed by atoms with Crippen LogP contribution in [0.4, 0.5) is 0 Å². The van der Waals surface area contributed by atoms with Crippen LogP contribution in [0.3, 0.4) is 0 Å². The van der Waals surface area contributed by atoms with Gasteiger partial charge in [0.25, 0.3) is 5.91 Å². The molecule has 1 aliphatic rings. The van der Waals surface area contributed by atoms with Crippen molar-refractivity contribution >= 4 is 5.91 Å². The molecular formula is C21H26N2O2. The van der Waals surface area contributed by atoms with Gasteiger partial charge in [0, 0.05) is 12.1 Å². The van der Waals surface area contributed by atoms with Crippen molar-refractivity contribution in [2.45, 2.75) is 25.8 Å². The Bertz CT molecular complexity index is 689. The highest BCUT2D eigenvalue weighted by Crippen LogP contribution is 2.25. The molecule has 1 fully saturated rings. The van der Waals surface area contributed by atoms with Crippen molar-refractivity contribution in [1.29, 1.82) is 0 Å². The van der Waals surface area contributed by atoms with Crippen molar-refractivity contribution in [3.63, 3.8) is 0 Å². The van der Waals surface area contributed by atoms with Gasteiger partial charge in [0.1, 0.15) is 5.75 Å². The van der Waals surface area contributed by atoms with Crippen molar-refractivity contribution in [3.05, 3.63) is 65.2 Å². The van der Waals surface area contributed by atoms with Crippen molar-refractivity contribution in [3.8, 4) is 5.75 Å². The third-order valence-corrected chi connectivity index (χ3v) is 4.85. The largest absolute Gasteiger partial charge is 0.497 e. The van der Waals surface area contributed by atoms with Gasteiger partial charge in [-0.2, -0.15) is 0 Å². The molecule has 1 N–H and O–H groups in total. The maximum Gasteiger partial charge on any atom is 0.251 e. The van der Waals surface area contributed by atoms with Crippen LogP contribution in [0.2, 0.25) is 0 Å². The van der Waals surface area contributed by atoms with Gasteiger partial charge in [0.15, 0.2) is 0 Å². The molecule has 0 bridgehead atoms. The van der Waals surface area contributed by atoms with Crippen LogP contribution < -0.4 is 10.1 Å². The van der Waals surface area contributed by atoms with Crippen LogP contribution in [0.15, 0.2) is 48.5 Å². The van der Waals surface area contributed by atoms with E-state index in [1.807, 2.05) is 12.1 Å². The molecule has 3 rings (SSSR count). The summed E-state index contributed by atoms with van der Waals surface area (Å²) in [4.78, 5) is 14.9. The molecule has 1 amide bonds. The Labute approximate surface area is 149 Å². The highest BCUT2D eigenvalue weighted by atomic mass is 16.5. The van der Waals surface area contributed by atoms with Gasteiger partial charge in [-0.25, -0.2) is 0 Å². The lowest BCUT2D eigenvalue weighted by Crippen LogP contribution is -2.36. The van der Waals surface area contributed by atoms with E-state index < -0.39 is 0 Å². The summed E-state index contributed by atoms with van der Waals surface area (Å²) in [5.74, 6) is 0.713. The molecular weight excluding hydrogens is 312 g/mol. The van der Waals surface area contributed by atoms with Gasteiger partial charge in [0.2, 0.25) is 0 Å². The average molecular weight is 338 g/mol. The van der Waals surface area contributed by atoms with Gasteiger partial charge in [-0.15, -0.1) is 0 Å². The number of nitrogens with one attached hydrogen (secondary N) is 1. The molecule has 4 nitrogen and oxygen atoms in total. The number of carbonyl (C=O) groups excluding carboxylic acids is 1. The number of likely N-dealkylation sites (tertiary alicyclic amines) is 1. The van der Waals surface area contributed by atoms with E-state index in [1.165, 1.54) is 24.0 Å². The minimum Gasteiger partial charge on any atom is -0.497 e. The van der Waals surface area contributed by atoms with E-state index in [1.54, 1.807) is 19.2 Å². The summed E-state index contributed by atoms with van der Waals surface area (Å²) in [6.45, 7) is 4.90. The number of benzene rings is 2. The first-order valence-corrected chi connectivity index (χ1v) is 8.90. The lowest BCUT2D eigenvalue weighted by Gasteiger charge is -2.28. The van der Waals surface area contributed by atoms with Crippen molar-refractivity contribution < 1.29 is 9.53 Å². The van der Waals surface area contributed by atoms with Gasteiger partial charge in [0.05, 0.1) is 13.2 Å². The standard InChI is InChI=1S/C21H26N2O2/c1-16-5-7-17(8-6-16)20(23-13-3-4-14-23)15-22-21(24)18-9-11-19(25-2)12-10-18/h5-12,20H,3-4,13-15H2,1-2H3,(H,22,24)/t20-/m1/s1. The van der Waals surface area contributed by atoms with Crippen LogP contribution in [-0.2, 0) is 0 Å². The minimum absolute atomic E-state index is 0.0426. The fraction of sp³-hybridized carbons (Fsp3) is 0.381. The van der Waals surface area contributed by atoms with E-state index in [9.17, 15) is 4.79 Å². The molecule has 2 aromatic rings. The van der Waals surface area contributed by atoms with Crippen LogP contribution in [0, 0.1) is 6.92 Å². The van der Waals surface area contributed by atoms with E-state index in [-0.39, 0.29) is 11.9 Å². The van der Waals surface area contributed by atoms with E-state index in [2.05, 4.69) is 41.4 Å². The number of hydrogen-bond acceptors (Lipinski definition) is 3. The Morgan fingerprint density at radius 3 is 2.32 bits per heavy atom. The Morgan fingerprint density at radius 1 is 1.08 bits per heavy atom. The molecule has 1 saturated heterocycles. The number of hydrogen-bond donors (Lipinski definition) is 1. The quantitative estimate of drug-likeness (QED) is 0.875. The Kier molecular flexibility index (Phi) is 5.71. The molecule has 0 unspecified atom stereocenters. The van der Waals surface area contributed by atoms with Crippen LogP contribution in [0.5, 0.6) is 5.75 Å². The number of ether oxygens (including phenoxy) is 1. The molecule has 0 spiro atoms. The zero-order chi connectivity index (χ0) is 17.6. The number of carbonyl (C=O) groups is 1. The van der Waals surface area contributed by atoms with Gasteiger partial charge in [-0.05, 0) is 62.7 Å². The highest BCUT2D eigenvalue weighted by Gasteiger charge is 2.24. The molecule has 1 atom stereocenters. The second kappa shape index (κ2) is 8.17. The van der Waals surface area contributed by atoms with Gasteiger partial charge in [-0.1, -0.05) is 29.8 Å².